The first-order valence-corrected chi connectivity index (χ1v) is 15.4. The van der Waals surface area contributed by atoms with E-state index < -0.39 is 26.1 Å². The average molecular weight is 509 g/mol. The van der Waals surface area contributed by atoms with E-state index in [1.54, 1.807) is 17.6 Å². The molecule has 3 heterocycles. The molecule has 0 aliphatic carbocycles. The summed E-state index contributed by atoms with van der Waals surface area (Å²) in [6.07, 6.45) is 1.26. The van der Waals surface area contributed by atoms with E-state index >= 15 is 0 Å². The molecule has 2 aromatic heterocycles. The van der Waals surface area contributed by atoms with Gasteiger partial charge in [-0.05, 0) is 60.8 Å². The van der Waals surface area contributed by atoms with Crippen molar-refractivity contribution >= 4 is 25.5 Å². The molecular formula is C28H36N2O5Si. The third-order valence-electron chi connectivity index (χ3n) is 8.03. The number of aryl methyl sites for hydroxylation is 1. The minimum Gasteiger partial charge on any atom is -0.543 e. The van der Waals surface area contributed by atoms with Crippen LogP contribution >= 0.6 is 0 Å². The first-order valence-electron chi connectivity index (χ1n) is 12.5. The van der Waals surface area contributed by atoms with Crippen molar-refractivity contribution in [3.05, 3.63) is 56.9 Å². The molecule has 4 rings (SSSR count). The average Bonchev–Trinajstić information content (AvgIpc) is 3.19. The quantitative estimate of drug-likeness (QED) is 0.278. The lowest BCUT2D eigenvalue weighted by molar-refractivity contribution is -0.125. The number of nitrogens with zero attached hydrogens (tertiary/aromatic N) is 2. The zero-order valence-corrected chi connectivity index (χ0v) is 23.2. The van der Waals surface area contributed by atoms with Gasteiger partial charge < -0.3 is 19.2 Å². The maximum Gasteiger partial charge on any atom is 0.257 e. The lowest BCUT2D eigenvalue weighted by atomic mass is 9.89. The van der Waals surface area contributed by atoms with Gasteiger partial charge in [0, 0.05) is 22.1 Å². The summed E-state index contributed by atoms with van der Waals surface area (Å²) < 4.78 is 8.13. The van der Waals surface area contributed by atoms with Gasteiger partial charge in [-0.25, -0.2) is 4.98 Å². The topological polar surface area (TPSA) is 102 Å². The van der Waals surface area contributed by atoms with E-state index in [0.717, 1.165) is 34.2 Å². The molecule has 1 aliphatic heterocycles. The van der Waals surface area contributed by atoms with Crippen LogP contribution in [0.15, 0.2) is 29.1 Å². The minimum atomic E-state index is -2.02. The Morgan fingerprint density at radius 1 is 1.17 bits per heavy atom. The van der Waals surface area contributed by atoms with Crippen LogP contribution < -0.4 is 9.99 Å². The summed E-state index contributed by atoms with van der Waals surface area (Å²) in [5.41, 5.74) is 1.97. The van der Waals surface area contributed by atoms with Gasteiger partial charge in [-0.15, -0.1) is 0 Å². The second-order valence-corrected chi connectivity index (χ2v) is 15.9. The van der Waals surface area contributed by atoms with Gasteiger partial charge in [-0.3, -0.25) is 9.59 Å². The Morgan fingerprint density at radius 2 is 1.86 bits per heavy atom. The fourth-order valence-electron chi connectivity index (χ4n) is 4.72. The molecule has 0 saturated heterocycles. The van der Waals surface area contributed by atoms with Gasteiger partial charge in [-0.1, -0.05) is 34.6 Å². The predicted molar refractivity (Wildman–Crippen MR) is 144 cm³/mol. The number of pyridine rings is 2. The number of carbonyl (C=O) groups is 1. The Bertz CT molecular complexity index is 1420. The summed E-state index contributed by atoms with van der Waals surface area (Å²) in [5.74, 6) is 0.821. The molecular weight excluding hydrogens is 472 g/mol. The van der Waals surface area contributed by atoms with Gasteiger partial charge in [0.1, 0.15) is 11.4 Å². The van der Waals surface area contributed by atoms with E-state index in [4.69, 9.17) is 9.41 Å². The van der Waals surface area contributed by atoms with E-state index in [1.807, 2.05) is 12.1 Å². The summed E-state index contributed by atoms with van der Waals surface area (Å²) in [6, 6.07) is 7.60. The molecule has 0 spiro atoms. The zero-order valence-electron chi connectivity index (χ0n) is 22.2. The van der Waals surface area contributed by atoms with Crippen molar-refractivity contribution in [2.75, 3.05) is 0 Å². The van der Waals surface area contributed by atoms with Crippen LogP contribution in [0.25, 0.3) is 22.3 Å². The van der Waals surface area contributed by atoms with Crippen LogP contribution in [0.1, 0.15) is 63.3 Å². The van der Waals surface area contributed by atoms with Gasteiger partial charge in [-0.2, -0.15) is 0 Å². The number of aliphatic hydroxyl groups is 2. The predicted octanol–water partition coefficient (Wildman–Crippen LogP) is 4.66. The molecule has 0 amide bonds. The van der Waals surface area contributed by atoms with Crippen LogP contribution in [-0.2, 0) is 30.0 Å². The van der Waals surface area contributed by atoms with Crippen molar-refractivity contribution in [1.29, 1.82) is 0 Å². The number of hydrogen-bond acceptors (Lipinski definition) is 6. The van der Waals surface area contributed by atoms with Gasteiger partial charge in [0.15, 0.2) is 6.29 Å². The number of aromatic nitrogens is 2. The Morgan fingerprint density at radius 3 is 2.42 bits per heavy atom. The Labute approximate surface area is 212 Å². The Hall–Kier alpha value is -2.81. The lowest BCUT2D eigenvalue weighted by Crippen LogP contribution is -2.43. The van der Waals surface area contributed by atoms with Crippen LogP contribution in [0.5, 0.6) is 5.75 Å². The van der Waals surface area contributed by atoms with E-state index in [1.165, 1.54) is 0 Å². The first kappa shape index (κ1) is 26.3. The molecule has 36 heavy (non-hydrogen) atoms. The number of rotatable bonds is 7. The number of carbonyl (C=O) groups excluding carboxylic acids is 1. The third kappa shape index (κ3) is 4.01. The van der Waals surface area contributed by atoms with Crippen molar-refractivity contribution < 1.29 is 19.4 Å². The number of fused-ring (bicyclic) bond motifs is 4. The lowest BCUT2D eigenvalue weighted by Gasteiger charge is -2.36. The van der Waals surface area contributed by atoms with Crippen molar-refractivity contribution in [3.63, 3.8) is 0 Å². The summed E-state index contributed by atoms with van der Waals surface area (Å²) in [5, 5.41) is 21.9. The zero-order chi connectivity index (χ0) is 26.6. The standard InChI is InChI=1S/C28H36N2O5Si/c1-8-18-19-12-17(35-36(6,7)27(3,4)5)10-11-23(19)29-25-20(18)14-30-24(25)13-22(21(15-31)26(30)33)28(34,9-2)16-32/h10-13,16,31,34H,8-9,14-15H2,1-7H3. The first-order chi connectivity index (χ1) is 16.8. The van der Waals surface area contributed by atoms with Crippen molar-refractivity contribution in [2.24, 2.45) is 0 Å². The van der Waals surface area contributed by atoms with Crippen LogP contribution in [-0.4, -0.2) is 34.4 Å². The van der Waals surface area contributed by atoms with Crippen molar-refractivity contribution in [3.8, 4) is 17.1 Å². The van der Waals surface area contributed by atoms with Crippen LogP contribution in [0.2, 0.25) is 18.1 Å². The fraction of sp³-hybridized carbons (Fsp3) is 0.464. The number of aliphatic hydroxyl groups excluding tert-OH is 1. The summed E-state index contributed by atoms with van der Waals surface area (Å²) >= 11 is 0. The normalized spacial score (nSPS) is 14.9. The van der Waals surface area contributed by atoms with Gasteiger partial charge in [0.05, 0.1) is 30.1 Å². The molecule has 0 bridgehead atoms. The number of hydrogen-bond donors (Lipinski definition) is 2. The Balaban J connectivity index is 1.93. The van der Waals surface area contributed by atoms with Gasteiger partial charge in [0.2, 0.25) is 8.32 Å². The molecule has 7 nitrogen and oxygen atoms in total. The summed E-state index contributed by atoms with van der Waals surface area (Å²) in [4.78, 5) is 30.1. The highest BCUT2D eigenvalue weighted by Crippen LogP contribution is 2.41. The van der Waals surface area contributed by atoms with Gasteiger partial charge >= 0.3 is 0 Å². The maximum atomic E-state index is 13.4. The number of aldehydes is 1. The third-order valence-corrected chi connectivity index (χ3v) is 12.4. The molecule has 1 aromatic carbocycles. The van der Waals surface area contributed by atoms with Crippen LogP contribution in [0, 0.1) is 0 Å². The summed E-state index contributed by atoms with van der Waals surface area (Å²) in [7, 11) is -2.02. The molecule has 192 valence electrons. The maximum absolute atomic E-state index is 13.4. The molecule has 1 atom stereocenters. The van der Waals surface area contributed by atoms with Gasteiger partial charge in [0.25, 0.3) is 5.56 Å². The molecule has 0 fully saturated rings. The van der Waals surface area contributed by atoms with Crippen molar-refractivity contribution in [1.82, 2.24) is 9.55 Å². The molecule has 2 N–H and O–H groups in total. The Kier molecular flexibility index (Phi) is 6.52. The smallest absolute Gasteiger partial charge is 0.257 e. The molecule has 0 saturated carbocycles. The monoisotopic (exact) mass is 508 g/mol. The molecule has 1 aliphatic rings. The molecule has 0 radical (unpaired) electrons. The second-order valence-electron chi connectivity index (χ2n) is 11.2. The largest absolute Gasteiger partial charge is 0.543 e. The van der Waals surface area contributed by atoms with Crippen molar-refractivity contribution in [2.45, 2.75) is 84.3 Å². The van der Waals surface area contributed by atoms with E-state index in [0.29, 0.717) is 24.2 Å². The highest BCUT2D eigenvalue weighted by atomic mass is 28.4. The highest BCUT2D eigenvalue weighted by molar-refractivity contribution is 6.74. The molecule has 8 heteroatoms. The fourth-order valence-corrected chi connectivity index (χ4v) is 5.74. The molecule has 3 aromatic rings. The molecule has 1 unspecified atom stereocenters. The SMILES string of the molecule is CCc1c2c(nc3ccc(O[Si](C)(C)C(C)(C)C)cc13)-c1cc(C(O)(C=O)CC)c(CO)c(=O)n1C2. The van der Waals surface area contributed by atoms with E-state index in [2.05, 4.69) is 46.9 Å². The van der Waals surface area contributed by atoms with E-state index in [-0.39, 0.29) is 22.6 Å². The highest BCUT2D eigenvalue weighted by Gasteiger charge is 2.39. The van der Waals surface area contributed by atoms with Crippen LogP contribution in [0.3, 0.4) is 0 Å². The number of benzene rings is 1. The minimum absolute atomic E-state index is 0.0377. The van der Waals surface area contributed by atoms with E-state index in [9.17, 15) is 19.8 Å². The summed E-state index contributed by atoms with van der Waals surface area (Å²) in [6.45, 7) is 14.6. The second kappa shape index (κ2) is 8.94. The van der Waals surface area contributed by atoms with Crippen LogP contribution in [0.4, 0.5) is 0 Å².